The van der Waals surface area contributed by atoms with Crippen LogP contribution in [0.3, 0.4) is 0 Å². The maximum absolute atomic E-state index is 12.7. The first-order chi connectivity index (χ1) is 15.6. The number of alkyl halides is 3. The Morgan fingerprint density at radius 2 is 1.82 bits per heavy atom. The normalized spacial score (nSPS) is 13.4. The summed E-state index contributed by atoms with van der Waals surface area (Å²) in [5.41, 5.74) is -0.500. The van der Waals surface area contributed by atoms with E-state index in [4.69, 9.17) is 16.3 Å². The van der Waals surface area contributed by atoms with Gasteiger partial charge in [0.1, 0.15) is 5.75 Å². The van der Waals surface area contributed by atoms with Crippen molar-refractivity contribution in [2.24, 2.45) is 0 Å². The van der Waals surface area contributed by atoms with Gasteiger partial charge in [-0.1, -0.05) is 35.5 Å². The summed E-state index contributed by atoms with van der Waals surface area (Å²) < 4.78 is 45.9. The first-order valence-corrected chi connectivity index (χ1v) is 11.3. The zero-order valence-corrected chi connectivity index (χ0v) is 19.6. The minimum absolute atomic E-state index is 0.278. The molecular formula is C22H22ClF3N4O2S. The fourth-order valence-corrected chi connectivity index (χ4v) is 4.07. The molecule has 1 aromatic heterocycles. The van der Waals surface area contributed by atoms with Crippen molar-refractivity contribution in [2.75, 3.05) is 5.32 Å². The van der Waals surface area contributed by atoms with Gasteiger partial charge in [0.2, 0.25) is 5.91 Å². The van der Waals surface area contributed by atoms with Crippen LogP contribution in [-0.4, -0.2) is 25.9 Å². The molecule has 2 unspecified atom stereocenters. The molecule has 0 aliphatic rings. The predicted molar refractivity (Wildman–Crippen MR) is 122 cm³/mol. The van der Waals surface area contributed by atoms with E-state index in [1.54, 1.807) is 25.1 Å². The van der Waals surface area contributed by atoms with E-state index in [9.17, 15) is 18.0 Å². The summed E-state index contributed by atoms with van der Waals surface area (Å²) in [6, 6.07) is 11.4. The number of halogens is 4. The van der Waals surface area contributed by atoms with Crippen LogP contribution in [-0.2, 0) is 17.5 Å². The Morgan fingerprint density at radius 3 is 2.42 bits per heavy atom. The van der Waals surface area contributed by atoms with Gasteiger partial charge in [0.05, 0.1) is 15.8 Å². The summed E-state index contributed by atoms with van der Waals surface area (Å²) in [6.07, 6.45) is -4.87. The molecule has 33 heavy (non-hydrogen) atoms. The molecule has 1 amide bonds. The van der Waals surface area contributed by atoms with Crippen molar-refractivity contribution in [3.63, 3.8) is 0 Å². The molecular weight excluding hydrogens is 477 g/mol. The molecule has 11 heteroatoms. The highest BCUT2D eigenvalue weighted by atomic mass is 35.5. The number of hydrogen-bond donors (Lipinski definition) is 1. The third kappa shape index (κ3) is 6.20. The summed E-state index contributed by atoms with van der Waals surface area (Å²) in [4.78, 5) is 12.6. The van der Waals surface area contributed by atoms with Crippen LogP contribution in [0, 0.1) is 0 Å². The first kappa shape index (κ1) is 24.9. The number of carbonyl (C=O) groups is 1. The monoisotopic (exact) mass is 498 g/mol. The van der Waals surface area contributed by atoms with Gasteiger partial charge in [-0.05, 0) is 57.2 Å². The molecule has 1 N–H and O–H groups in total. The maximum atomic E-state index is 12.7. The molecule has 1 heterocycles. The molecule has 0 saturated carbocycles. The maximum Gasteiger partial charge on any atom is 0.416 e. The predicted octanol–water partition coefficient (Wildman–Crippen LogP) is 6.23. The molecule has 0 bridgehead atoms. The second-order valence-corrected chi connectivity index (χ2v) is 8.82. The number of rotatable bonds is 8. The molecule has 3 rings (SSSR count). The number of thioether (sulfide) groups is 1. The molecule has 3 aromatic rings. The van der Waals surface area contributed by atoms with E-state index in [2.05, 4.69) is 15.5 Å². The van der Waals surface area contributed by atoms with Crippen LogP contribution >= 0.6 is 23.4 Å². The van der Waals surface area contributed by atoms with Crippen LogP contribution < -0.4 is 10.1 Å². The van der Waals surface area contributed by atoms with Crippen LogP contribution in [0.15, 0.2) is 53.7 Å². The van der Waals surface area contributed by atoms with Crippen LogP contribution in [0.1, 0.15) is 38.3 Å². The van der Waals surface area contributed by atoms with Gasteiger partial charge in [-0.2, -0.15) is 13.2 Å². The first-order valence-electron chi connectivity index (χ1n) is 10.1. The summed E-state index contributed by atoms with van der Waals surface area (Å²) >= 11 is 7.36. The molecule has 2 atom stereocenters. The van der Waals surface area contributed by atoms with Gasteiger partial charge in [-0.15, -0.1) is 10.2 Å². The number of para-hydroxylation sites is 1. The molecule has 0 aliphatic heterocycles. The van der Waals surface area contributed by atoms with Gasteiger partial charge in [0.15, 0.2) is 17.1 Å². The van der Waals surface area contributed by atoms with E-state index in [-0.39, 0.29) is 11.6 Å². The zero-order chi connectivity index (χ0) is 24.2. The van der Waals surface area contributed by atoms with Gasteiger partial charge < -0.3 is 14.6 Å². The Morgan fingerprint density at radius 1 is 1.15 bits per heavy atom. The van der Waals surface area contributed by atoms with Crippen LogP contribution in [0.2, 0.25) is 5.02 Å². The van der Waals surface area contributed by atoms with Crippen molar-refractivity contribution >= 4 is 35.0 Å². The van der Waals surface area contributed by atoms with Crippen molar-refractivity contribution in [3.05, 3.63) is 64.9 Å². The number of ether oxygens (including phenoxy) is 1. The molecule has 0 spiro atoms. The van der Waals surface area contributed by atoms with Gasteiger partial charge >= 0.3 is 6.18 Å². The number of hydrogen-bond acceptors (Lipinski definition) is 5. The van der Waals surface area contributed by atoms with Crippen LogP contribution in [0.4, 0.5) is 18.9 Å². The number of amides is 1. The van der Waals surface area contributed by atoms with Crippen molar-refractivity contribution < 1.29 is 22.7 Å². The highest BCUT2D eigenvalue weighted by molar-refractivity contribution is 8.00. The minimum atomic E-state index is -4.43. The number of nitrogens with one attached hydrogen (secondary N) is 1. The largest absolute Gasteiger partial charge is 0.481 e. The summed E-state index contributed by atoms with van der Waals surface area (Å²) in [5, 5.41) is 11.5. The van der Waals surface area contributed by atoms with Crippen molar-refractivity contribution in [1.82, 2.24) is 14.8 Å². The highest BCUT2D eigenvalue weighted by Crippen LogP contribution is 2.32. The third-order valence-corrected chi connectivity index (χ3v) is 6.09. The molecule has 176 valence electrons. The lowest BCUT2D eigenvalue weighted by Crippen LogP contribution is -2.23. The summed E-state index contributed by atoms with van der Waals surface area (Å²) in [6.45, 7) is 5.98. The second kappa shape index (κ2) is 10.5. The second-order valence-electron chi connectivity index (χ2n) is 7.10. The molecule has 0 fully saturated rings. The van der Waals surface area contributed by atoms with E-state index >= 15 is 0 Å². The van der Waals surface area contributed by atoms with Crippen LogP contribution in [0.25, 0.3) is 0 Å². The highest BCUT2D eigenvalue weighted by Gasteiger charge is 2.30. The molecule has 2 aromatic carbocycles. The number of benzene rings is 2. The van der Waals surface area contributed by atoms with Crippen molar-refractivity contribution in [3.8, 4) is 5.75 Å². The Labute approximate surface area is 198 Å². The smallest absolute Gasteiger partial charge is 0.416 e. The molecule has 0 radical (unpaired) electrons. The van der Waals surface area contributed by atoms with Gasteiger partial charge in [0, 0.05) is 12.2 Å². The van der Waals surface area contributed by atoms with E-state index in [0.717, 1.165) is 12.1 Å². The van der Waals surface area contributed by atoms with E-state index in [1.807, 2.05) is 24.5 Å². The van der Waals surface area contributed by atoms with E-state index in [1.165, 1.54) is 23.9 Å². The lowest BCUT2D eigenvalue weighted by molar-refractivity contribution is -0.137. The average Bonchev–Trinajstić information content (AvgIpc) is 3.17. The lowest BCUT2D eigenvalue weighted by atomic mass is 10.2. The average molecular weight is 499 g/mol. The van der Waals surface area contributed by atoms with Crippen molar-refractivity contribution in [2.45, 2.75) is 50.0 Å². The molecule has 6 nitrogen and oxygen atoms in total. The van der Waals surface area contributed by atoms with Gasteiger partial charge in [-0.3, -0.25) is 4.79 Å². The summed E-state index contributed by atoms with van der Waals surface area (Å²) in [5.74, 6) is 0.735. The number of nitrogens with zero attached hydrogens (tertiary/aromatic N) is 3. The number of aromatic nitrogens is 3. The quantitative estimate of drug-likeness (QED) is 0.373. The van der Waals surface area contributed by atoms with Crippen molar-refractivity contribution in [1.29, 1.82) is 0 Å². The topological polar surface area (TPSA) is 69.0 Å². The van der Waals surface area contributed by atoms with Crippen LogP contribution in [0.5, 0.6) is 5.75 Å². The molecule has 0 aliphatic carbocycles. The standard InChI is InChI=1S/C22H22ClF3N4O2S/c1-4-30-19(13(2)32-18-8-6-5-7-17(18)23)28-29-21(30)33-14(3)20(31)27-16-11-9-15(10-12-16)22(24,25)26/h5-14H,4H2,1-3H3,(H,27,31). The molecule has 0 saturated heterocycles. The van der Waals surface area contributed by atoms with Gasteiger partial charge in [-0.25, -0.2) is 0 Å². The van der Waals surface area contributed by atoms with E-state index in [0.29, 0.717) is 28.3 Å². The summed E-state index contributed by atoms with van der Waals surface area (Å²) in [7, 11) is 0. The van der Waals surface area contributed by atoms with E-state index < -0.39 is 23.1 Å². The fourth-order valence-electron chi connectivity index (χ4n) is 2.97. The number of anilines is 1. The Kier molecular flexibility index (Phi) is 7.91. The Hall–Kier alpha value is -2.72. The fraction of sp³-hybridized carbons (Fsp3) is 0.318. The zero-order valence-electron chi connectivity index (χ0n) is 18.1. The Balaban J connectivity index is 1.67. The number of carbonyl (C=O) groups excluding carboxylic acids is 1. The SMILES string of the molecule is CCn1c(SC(C)C(=O)Nc2ccc(C(F)(F)F)cc2)nnc1C(C)Oc1ccccc1Cl. The third-order valence-electron chi connectivity index (χ3n) is 4.70. The minimum Gasteiger partial charge on any atom is -0.481 e. The van der Waals surface area contributed by atoms with Gasteiger partial charge in [0.25, 0.3) is 0 Å². The lowest BCUT2D eigenvalue weighted by Gasteiger charge is -2.17. The Bertz CT molecular complexity index is 1110.